The van der Waals surface area contributed by atoms with Crippen LogP contribution in [0.25, 0.3) is 43.1 Å². The van der Waals surface area contributed by atoms with Crippen molar-refractivity contribution in [1.29, 1.82) is 0 Å². The fourth-order valence-electron chi connectivity index (χ4n) is 15.7. The second kappa shape index (κ2) is 21.7. The van der Waals surface area contributed by atoms with Gasteiger partial charge in [0.15, 0.2) is 11.4 Å². The standard InChI is InChI=1S/C79H86N4/c1-13-17-47-78(9)70(41-29-39-68-76(5,6)72-60-35-23-21-31-54(60)43-45-64(72)82(68)49-19-15-3)80(11)66-52-56(58-33-25-27-37-62(58)74(66)78)51-57-53-67-75(63-38-28-26-34-59(57)63)79(10,48-18-14-2)71(81(67)12)42-30-40-69-77(7,8)73-61-36-24-22-32-55(61)44-46-65(73)83(69)50-20-16-4/h13-14,17-18,21-46,52-53H,15-16,19-20,47-51H2,1-12H3/q+2. The molecule has 4 aliphatic heterocycles. The molecule has 0 amide bonds. The molecular weight excluding hydrogens is 1000 g/mol. The Hall–Kier alpha value is -7.82. The van der Waals surface area contributed by atoms with Crippen LogP contribution in [0.3, 0.4) is 0 Å². The molecule has 4 heterocycles. The molecule has 8 aromatic carbocycles. The summed E-state index contributed by atoms with van der Waals surface area (Å²) in [6, 6.07) is 50.8. The highest BCUT2D eigenvalue weighted by Crippen LogP contribution is 2.56. The van der Waals surface area contributed by atoms with E-state index in [0.29, 0.717) is 0 Å². The van der Waals surface area contributed by atoms with E-state index < -0.39 is 0 Å². The van der Waals surface area contributed by atoms with Gasteiger partial charge in [-0.25, -0.2) is 0 Å². The molecule has 4 nitrogen and oxygen atoms in total. The van der Waals surface area contributed by atoms with Crippen molar-refractivity contribution in [2.45, 2.75) is 136 Å². The normalized spacial score (nSPS) is 21.0. The van der Waals surface area contributed by atoms with Gasteiger partial charge in [-0.1, -0.05) is 160 Å². The maximum absolute atomic E-state index is 2.61. The second-order valence-electron chi connectivity index (χ2n) is 25.7. The first-order valence-electron chi connectivity index (χ1n) is 31.1. The minimum Gasteiger partial charge on any atom is -0.347 e. The van der Waals surface area contributed by atoms with Gasteiger partial charge in [0, 0.05) is 95.9 Å². The Labute approximate surface area is 495 Å². The predicted octanol–water partition coefficient (Wildman–Crippen LogP) is 19.9. The zero-order chi connectivity index (χ0) is 58.0. The van der Waals surface area contributed by atoms with E-state index in [1.807, 2.05) is 0 Å². The fraction of sp³-hybridized carbons (Fsp3) is 0.316. The van der Waals surface area contributed by atoms with Crippen molar-refractivity contribution < 1.29 is 9.15 Å². The molecule has 0 radical (unpaired) electrons. The summed E-state index contributed by atoms with van der Waals surface area (Å²) >= 11 is 0. The van der Waals surface area contributed by atoms with Crippen LogP contribution in [-0.4, -0.2) is 47.8 Å². The Balaban J connectivity index is 0.938. The first-order valence-corrected chi connectivity index (χ1v) is 31.1. The largest absolute Gasteiger partial charge is 0.347 e. The van der Waals surface area contributed by atoms with Crippen LogP contribution in [0.1, 0.15) is 141 Å². The fourth-order valence-corrected chi connectivity index (χ4v) is 15.7. The van der Waals surface area contributed by atoms with Crippen molar-refractivity contribution in [1.82, 2.24) is 0 Å². The van der Waals surface area contributed by atoms with E-state index in [0.717, 1.165) is 58.0 Å². The summed E-state index contributed by atoms with van der Waals surface area (Å²) in [7, 11) is 4.62. The molecule has 0 aliphatic carbocycles. The third-order valence-corrected chi connectivity index (χ3v) is 19.8. The number of anilines is 2. The van der Waals surface area contributed by atoms with E-state index in [1.54, 1.807) is 0 Å². The average Bonchev–Trinajstić information content (AvgIpc) is 3.25. The van der Waals surface area contributed by atoms with Crippen molar-refractivity contribution in [2.75, 3.05) is 37.0 Å². The topological polar surface area (TPSA) is 12.5 Å². The SMILES string of the molecule is CC=CCC1(C)C(=CC=CC2=[N+](CCCC)c3ccc4ccccc4c3C2(C)C)N(C)c2cc(Cc3cc4c(c5ccccc35)C(C)(CC=CC)C(=CC=CC3=[N+](CCCC)c5ccc6ccccc6c5C3(C)C)N4C)c3ccccc3c21. The molecule has 0 N–H and O–H groups in total. The number of benzene rings is 8. The van der Waals surface area contributed by atoms with Crippen LogP contribution in [0.15, 0.2) is 206 Å². The molecule has 0 spiro atoms. The molecule has 12 rings (SSSR count). The minimum absolute atomic E-state index is 0.161. The summed E-state index contributed by atoms with van der Waals surface area (Å²) in [5, 5.41) is 10.7. The van der Waals surface area contributed by atoms with Gasteiger partial charge in [-0.15, -0.1) is 0 Å². The van der Waals surface area contributed by atoms with Crippen molar-refractivity contribution in [3.8, 4) is 0 Å². The molecule has 0 saturated heterocycles. The maximum Gasteiger partial charge on any atom is 0.210 e. The Morgan fingerprint density at radius 2 is 0.819 bits per heavy atom. The van der Waals surface area contributed by atoms with Crippen LogP contribution in [-0.2, 0) is 28.1 Å². The second-order valence-corrected chi connectivity index (χ2v) is 25.7. The first-order chi connectivity index (χ1) is 40.1. The molecule has 0 fully saturated rings. The average molecular weight is 1090 g/mol. The summed E-state index contributed by atoms with van der Waals surface area (Å²) in [5.41, 5.74) is 18.3. The number of nitrogens with zero attached hydrogens (tertiary/aromatic N) is 4. The molecule has 8 aromatic rings. The van der Waals surface area contributed by atoms with Gasteiger partial charge in [-0.2, -0.15) is 9.15 Å². The monoisotopic (exact) mass is 1090 g/mol. The number of fused-ring (bicyclic) bond motifs is 12. The first kappa shape index (κ1) is 55.7. The third-order valence-electron chi connectivity index (χ3n) is 19.8. The van der Waals surface area contributed by atoms with Crippen LogP contribution in [0.4, 0.5) is 22.7 Å². The molecule has 4 aliphatic rings. The zero-order valence-electron chi connectivity index (χ0n) is 51.6. The Bertz CT molecular complexity index is 3910. The van der Waals surface area contributed by atoms with Gasteiger partial charge in [0.2, 0.25) is 11.4 Å². The van der Waals surface area contributed by atoms with Crippen LogP contribution in [0.5, 0.6) is 0 Å². The molecule has 0 saturated carbocycles. The Morgan fingerprint density at radius 1 is 0.446 bits per heavy atom. The number of unbranched alkanes of at least 4 members (excludes halogenated alkanes) is 2. The van der Waals surface area contributed by atoms with E-state index in [1.165, 1.54) is 122 Å². The highest BCUT2D eigenvalue weighted by atomic mass is 15.2. The van der Waals surface area contributed by atoms with Crippen LogP contribution in [0.2, 0.25) is 0 Å². The lowest BCUT2D eigenvalue weighted by Gasteiger charge is -2.28. The summed E-state index contributed by atoms with van der Waals surface area (Å²) in [6.45, 7) is 25.6. The van der Waals surface area contributed by atoms with Crippen molar-refractivity contribution in [2.24, 2.45) is 0 Å². The van der Waals surface area contributed by atoms with E-state index in [-0.39, 0.29) is 21.7 Å². The van der Waals surface area contributed by atoms with E-state index in [2.05, 4.69) is 297 Å². The van der Waals surface area contributed by atoms with Crippen LogP contribution >= 0.6 is 0 Å². The molecule has 4 heteroatoms. The van der Waals surface area contributed by atoms with Crippen LogP contribution in [0, 0.1) is 0 Å². The molecule has 83 heavy (non-hydrogen) atoms. The highest BCUT2D eigenvalue weighted by molar-refractivity contribution is 6.09. The lowest BCUT2D eigenvalue weighted by atomic mass is 9.75. The quantitative estimate of drug-likeness (QED) is 0.0706. The highest BCUT2D eigenvalue weighted by Gasteiger charge is 2.48. The Morgan fingerprint density at radius 3 is 1.20 bits per heavy atom. The van der Waals surface area contributed by atoms with Gasteiger partial charge in [-0.3, -0.25) is 0 Å². The van der Waals surface area contributed by atoms with Crippen LogP contribution < -0.4 is 9.80 Å². The minimum atomic E-state index is -0.258. The maximum atomic E-state index is 2.61. The lowest BCUT2D eigenvalue weighted by molar-refractivity contribution is -0.438. The molecular formula is C79H86N4+2. The lowest BCUT2D eigenvalue weighted by Crippen LogP contribution is -2.28. The van der Waals surface area contributed by atoms with Gasteiger partial charge >= 0.3 is 0 Å². The van der Waals surface area contributed by atoms with Gasteiger partial charge < -0.3 is 9.80 Å². The molecule has 0 bridgehead atoms. The van der Waals surface area contributed by atoms with E-state index >= 15 is 0 Å². The number of likely N-dealkylation sites (N-methyl/N-ethyl adjacent to an activating group) is 2. The molecule has 2 unspecified atom stereocenters. The summed E-state index contributed by atoms with van der Waals surface area (Å²) in [4.78, 5) is 5.03. The smallest absolute Gasteiger partial charge is 0.210 e. The summed E-state index contributed by atoms with van der Waals surface area (Å²) in [5.74, 6) is 0. The summed E-state index contributed by atoms with van der Waals surface area (Å²) in [6.07, 6.45) is 30.9. The van der Waals surface area contributed by atoms with Crippen molar-refractivity contribution in [3.05, 3.63) is 239 Å². The molecule has 2 atom stereocenters. The molecule has 0 aromatic heterocycles. The zero-order valence-corrected chi connectivity index (χ0v) is 51.6. The number of rotatable bonds is 16. The number of hydrogen-bond acceptors (Lipinski definition) is 2. The molecule has 420 valence electrons. The van der Waals surface area contributed by atoms with Gasteiger partial charge in [-0.05, 0) is 176 Å². The van der Waals surface area contributed by atoms with Gasteiger partial charge in [0.25, 0.3) is 0 Å². The number of hydrogen-bond donors (Lipinski definition) is 0. The van der Waals surface area contributed by atoms with Gasteiger partial charge in [0.05, 0.1) is 10.8 Å². The van der Waals surface area contributed by atoms with Crippen molar-refractivity contribution in [3.63, 3.8) is 0 Å². The number of allylic oxidation sites excluding steroid dienone is 12. The van der Waals surface area contributed by atoms with Crippen molar-refractivity contribution >= 4 is 77.3 Å². The van der Waals surface area contributed by atoms with E-state index in [9.17, 15) is 0 Å². The predicted molar refractivity (Wildman–Crippen MR) is 359 cm³/mol. The summed E-state index contributed by atoms with van der Waals surface area (Å²) < 4.78 is 5.23. The van der Waals surface area contributed by atoms with Gasteiger partial charge in [0.1, 0.15) is 13.1 Å². The Kier molecular flexibility index (Phi) is 14.6. The van der Waals surface area contributed by atoms with E-state index in [4.69, 9.17) is 0 Å². The third kappa shape index (κ3) is 8.92.